The smallest absolute Gasteiger partial charge is 0.251 e. The predicted molar refractivity (Wildman–Crippen MR) is 60.7 cm³/mol. The van der Waals surface area contributed by atoms with Crippen molar-refractivity contribution in [2.45, 2.75) is 19.9 Å². The summed E-state index contributed by atoms with van der Waals surface area (Å²) in [6, 6.07) is 3.74. The van der Waals surface area contributed by atoms with Crippen molar-refractivity contribution in [3.05, 3.63) is 24.0 Å². The number of nitrogens with one attached hydrogen (secondary N) is 1. The highest BCUT2D eigenvalue weighted by atomic mass is 19.3. The standard InChI is InChI=1S/C11H17F2N3/c1-3-14-9-4-5-15-10(6-9)7-16(2)8-11(12)13/h4-6,11H,3,7-8H2,1-2H3,(H,14,15). The minimum absolute atomic E-state index is 0.229. The Morgan fingerprint density at radius 1 is 1.50 bits per heavy atom. The molecule has 1 rings (SSSR count). The Morgan fingerprint density at radius 2 is 2.25 bits per heavy atom. The lowest BCUT2D eigenvalue weighted by Crippen LogP contribution is -2.24. The summed E-state index contributed by atoms with van der Waals surface area (Å²) in [7, 11) is 1.66. The first-order valence-electron chi connectivity index (χ1n) is 5.27. The molecule has 0 aliphatic rings. The van der Waals surface area contributed by atoms with Crippen molar-refractivity contribution >= 4 is 5.69 Å². The molecule has 0 spiro atoms. The molecule has 3 nitrogen and oxygen atoms in total. The molecule has 1 aromatic heterocycles. The van der Waals surface area contributed by atoms with Crippen LogP contribution < -0.4 is 5.32 Å². The number of aromatic nitrogens is 1. The molecular weight excluding hydrogens is 212 g/mol. The number of pyridine rings is 1. The van der Waals surface area contributed by atoms with E-state index in [4.69, 9.17) is 0 Å². The van der Waals surface area contributed by atoms with E-state index in [2.05, 4.69) is 10.3 Å². The molecule has 5 heteroatoms. The average Bonchev–Trinajstić information content (AvgIpc) is 2.17. The fourth-order valence-electron chi connectivity index (χ4n) is 1.46. The molecule has 0 saturated carbocycles. The van der Waals surface area contributed by atoms with Gasteiger partial charge in [-0.3, -0.25) is 9.88 Å². The van der Waals surface area contributed by atoms with Crippen LogP contribution in [0.4, 0.5) is 14.5 Å². The lowest BCUT2D eigenvalue weighted by molar-refractivity contribution is 0.0971. The third-order valence-corrected chi connectivity index (χ3v) is 2.08. The molecule has 1 heterocycles. The van der Waals surface area contributed by atoms with Gasteiger partial charge in [-0.05, 0) is 26.1 Å². The number of rotatable bonds is 6. The van der Waals surface area contributed by atoms with Crippen LogP contribution in [0.25, 0.3) is 0 Å². The van der Waals surface area contributed by atoms with Gasteiger partial charge in [-0.25, -0.2) is 8.78 Å². The van der Waals surface area contributed by atoms with E-state index in [1.54, 1.807) is 18.1 Å². The van der Waals surface area contributed by atoms with E-state index >= 15 is 0 Å². The Labute approximate surface area is 94.5 Å². The number of anilines is 1. The van der Waals surface area contributed by atoms with E-state index in [1.165, 1.54) is 0 Å². The normalized spacial score (nSPS) is 11.1. The number of halogens is 2. The van der Waals surface area contributed by atoms with Gasteiger partial charge in [0.05, 0.1) is 12.2 Å². The number of hydrogen-bond donors (Lipinski definition) is 1. The first-order chi connectivity index (χ1) is 7.61. The first kappa shape index (κ1) is 12.8. The zero-order valence-electron chi connectivity index (χ0n) is 9.58. The Bertz CT molecular complexity index is 318. The summed E-state index contributed by atoms with van der Waals surface area (Å²) >= 11 is 0. The summed E-state index contributed by atoms with van der Waals surface area (Å²) in [6.45, 7) is 3.04. The van der Waals surface area contributed by atoms with Crippen molar-refractivity contribution in [2.24, 2.45) is 0 Å². The quantitative estimate of drug-likeness (QED) is 0.810. The average molecular weight is 229 g/mol. The second-order valence-electron chi connectivity index (χ2n) is 3.65. The van der Waals surface area contributed by atoms with Crippen LogP contribution in [0, 0.1) is 0 Å². The molecule has 90 valence electrons. The Kier molecular flexibility index (Phi) is 5.11. The predicted octanol–water partition coefficient (Wildman–Crippen LogP) is 2.21. The van der Waals surface area contributed by atoms with Gasteiger partial charge in [0.2, 0.25) is 0 Å². The molecule has 0 atom stereocenters. The fourth-order valence-corrected chi connectivity index (χ4v) is 1.46. The van der Waals surface area contributed by atoms with Gasteiger partial charge in [0.25, 0.3) is 6.43 Å². The summed E-state index contributed by atoms with van der Waals surface area (Å²) in [4.78, 5) is 5.70. The summed E-state index contributed by atoms with van der Waals surface area (Å²) < 4.78 is 24.2. The van der Waals surface area contributed by atoms with Crippen LogP contribution in [0.3, 0.4) is 0 Å². The Balaban J connectivity index is 2.55. The maximum Gasteiger partial charge on any atom is 0.251 e. The van der Waals surface area contributed by atoms with E-state index < -0.39 is 6.43 Å². The maximum absolute atomic E-state index is 12.1. The van der Waals surface area contributed by atoms with E-state index in [-0.39, 0.29) is 6.54 Å². The van der Waals surface area contributed by atoms with Crippen molar-refractivity contribution in [3.8, 4) is 0 Å². The van der Waals surface area contributed by atoms with Crippen molar-refractivity contribution in [1.82, 2.24) is 9.88 Å². The van der Waals surface area contributed by atoms with Crippen LogP contribution in [0.1, 0.15) is 12.6 Å². The zero-order chi connectivity index (χ0) is 12.0. The Hall–Kier alpha value is -1.23. The number of nitrogens with zero attached hydrogens (tertiary/aromatic N) is 2. The van der Waals surface area contributed by atoms with Crippen LogP contribution in [0.5, 0.6) is 0 Å². The Morgan fingerprint density at radius 3 is 2.88 bits per heavy atom. The van der Waals surface area contributed by atoms with Gasteiger partial charge in [0.1, 0.15) is 0 Å². The largest absolute Gasteiger partial charge is 0.385 e. The number of hydrogen-bond acceptors (Lipinski definition) is 3. The lowest BCUT2D eigenvalue weighted by Gasteiger charge is -2.15. The molecule has 0 fully saturated rings. The van der Waals surface area contributed by atoms with Crippen LogP contribution in [0.2, 0.25) is 0 Å². The molecule has 16 heavy (non-hydrogen) atoms. The van der Waals surface area contributed by atoms with Crippen molar-refractivity contribution in [2.75, 3.05) is 25.5 Å². The molecule has 1 aromatic rings. The van der Waals surface area contributed by atoms with E-state index in [0.29, 0.717) is 6.54 Å². The van der Waals surface area contributed by atoms with Crippen molar-refractivity contribution in [1.29, 1.82) is 0 Å². The van der Waals surface area contributed by atoms with Gasteiger partial charge >= 0.3 is 0 Å². The van der Waals surface area contributed by atoms with Gasteiger partial charge in [0, 0.05) is 25.0 Å². The van der Waals surface area contributed by atoms with Crippen LogP contribution in [-0.2, 0) is 6.54 Å². The van der Waals surface area contributed by atoms with Crippen molar-refractivity contribution in [3.63, 3.8) is 0 Å². The monoisotopic (exact) mass is 229 g/mol. The van der Waals surface area contributed by atoms with Gasteiger partial charge in [0.15, 0.2) is 0 Å². The van der Waals surface area contributed by atoms with Crippen LogP contribution >= 0.6 is 0 Å². The summed E-state index contributed by atoms with van der Waals surface area (Å²) in [5.41, 5.74) is 1.76. The van der Waals surface area contributed by atoms with Crippen LogP contribution in [0.15, 0.2) is 18.3 Å². The first-order valence-corrected chi connectivity index (χ1v) is 5.27. The molecule has 0 bridgehead atoms. The highest BCUT2D eigenvalue weighted by Crippen LogP contribution is 2.09. The third kappa shape index (κ3) is 4.53. The number of alkyl halides is 2. The lowest BCUT2D eigenvalue weighted by atomic mass is 10.3. The van der Waals surface area contributed by atoms with E-state index in [0.717, 1.165) is 17.9 Å². The summed E-state index contributed by atoms with van der Waals surface area (Å²) in [5, 5.41) is 3.16. The van der Waals surface area contributed by atoms with Gasteiger partial charge in [-0.1, -0.05) is 0 Å². The minimum atomic E-state index is -2.30. The van der Waals surface area contributed by atoms with Gasteiger partial charge in [-0.15, -0.1) is 0 Å². The maximum atomic E-state index is 12.1. The minimum Gasteiger partial charge on any atom is -0.385 e. The molecule has 1 N–H and O–H groups in total. The van der Waals surface area contributed by atoms with Gasteiger partial charge in [-0.2, -0.15) is 0 Å². The molecule has 0 amide bonds. The van der Waals surface area contributed by atoms with Gasteiger partial charge < -0.3 is 5.32 Å². The topological polar surface area (TPSA) is 28.2 Å². The second kappa shape index (κ2) is 6.37. The third-order valence-electron chi connectivity index (χ3n) is 2.08. The van der Waals surface area contributed by atoms with Crippen molar-refractivity contribution < 1.29 is 8.78 Å². The molecule has 0 aromatic carbocycles. The summed E-state index contributed by atoms with van der Waals surface area (Å²) in [6.07, 6.45) is -0.620. The second-order valence-corrected chi connectivity index (χ2v) is 3.65. The molecule has 0 aliphatic carbocycles. The van der Waals surface area contributed by atoms with E-state index in [9.17, 15) is 8.78 Å². The zero-order valence-corrected chi connectivity index (χ0v) is 9.58. The fraction of sp³-hybridized carbons (Fsp3) is 0.545. The summed E-state index contributed by atoms with van der Waals surface area (Å²) in [5.74, 6) is 0. The highest BCUT2D eigenvalue weighted by molar-refractivity contribution is 5.42. The molecule has 0 unspecified atom stereocenters. The SMILES string of the molecule is CCNc1ccnc(CN(C)CC(F)F)c1. The highest BCUT2D eigenvalue weighted by Gasteiger charge is 2.08. The molecule has 0 aliphatic heterocycles. The van der Waals surface area contributed by atoms with Crippen LogP contribution in [-0.4, -0.2) is 36.4 Å². The molecule has 0 radical (unpaired) electrons. The molecular formula is C11H17F2N3. The molecule has 0 saturated heterocycles. The van der Waals surface area contributed by atoms with E-state index in [1.807, 2.05) is 19.1 Å².